The highest BCUT2D eigenvalue weighted by Gasteiger charge is 2.45. The lowest BCUT2D eigenvalue weighted by molar-refractivity contribution is -0.150. The van der Waals surface area contributed by atoms with Crippen LogP contribution < -0.4 is 10.6 Å². The Bertz CT molecular complexity index is 406. The predicted molar refractivity (Wildman–Crippen MR) is 55.5 cm³/mol. The summed E-state index contributed by atoms with van der Waals surface area (Å²) in [5, 5.41) is 4.86. The first-order valence-corrected chi connectivity index (χ1v) is 5.41. The molecule has 4 amide bonds. The molecule has 2 rings (SSSR count). The maximum Gasteiger partial charge on any atom is 0.249 e. The Labute approximate surface area is 97.5 Å². The molecule has 2 unspecified atom stereocenters. The third-order valence-electron chi connectivity index (χ3n) is 3.05. The lowest BCUT2D eigenvalue weighted by Gasteiger charge is -2.28. The van der Waals surface area contributed by atoms with Gasteiger partial charge in [0.2, 0.25) is 23.6 Å². The Balaban J connectivity index is 2.17. The molecule has 0 bridgehead atoms. The highest BCUT2D eigenvalue weighted by atomic mass is 16.2. The lowest BCUT2D eigenvalue weighted by Crippen LogP contribution is -2.55. The Hall–Kier alpha value is -1.76. The SMILES string of the molecule is CNC1CC(=O)N(C2CCC(=O)NC2=O)C1=O. The maximum absolute atomic E-state index is 11.9. The zero-order chi connectivity index (χ0) is 12.6. The van der Waals surface area contributed by atoms with E-state index >= 15 is 0 Å². The molecule has 2 saturated heterocycles. The smallest absolute Gasteiger partial charge is 0.249 e. The van der Waals surface area contributed by atoms with Gasteiger partial charge in [0.25, 0.3) is 0 Å². The highest BCUT2D eigenvalue weighted by molar-refractivity contribution is 6.10. The molecule has 2 heterocycles. The largest absolute Gasteiger partial charge is 0.308 e. The Morgan fingerprint density at radius 1 is 1.29 bits per heavy atom. The van der Waals surface area contributed by atoms with Crippen LogP contribution in [0.4, 0.5) is 0 Å². The molecule has 2 fully saturated rings. The number of hydrogen-bond donors (Lipinski definition) is 2. The van der Waals surface area contributed by atoms with Crippen molar-refractivity contribution in [3.8, 4) is 0 Å². The van der Waals surface area contributed by atoms with Crippen LogP contribution in [0.1, 0.15) is 19.3 Å². The molecule has 7 nitrogen and oxygen atoms in total. The molecule has 2 aliphatic heterocycles. The Kier molecular flexibility index (Phi) is 2.93. The van der Waals surface area contributed by atoms with Gasteiger partial charge in [0, 0.05) is 6.42 Å². The van der Waals surface area contributed by atoms with Crippen molar-refractivity contribution in [1.29, 1.82) is 0 Å². The van der Waals surface area contributed by atoms with E-state index < -0.39 is 23.9 Å². The normalized spacial score (nSPS) is 29.8. The number of nitrogens with zero attached hydrogens (tertiary/aromatic N) is 1. The summed E-state index contributed by atoms with van der Waals surface area (Å²) >= 11 is 0. The summed E-state index contributed by atoms with van der Waals surface area (Å²) in [7, 11) is 1.59. The second-order valence-electron chi connectivity index (χ2n) is 4.11. The van der Waals surface area contributed by atoms with Crippen LogP contribution in [-0.2, 0) is 19.2 Å². The van der Waals surface area contributed by atoms with Crippen LogP contribution in [0.15, 0.2) is 0 Å². The van der Waals surface area contributed by atoms with E-state index in [9.17, 15) is 19.2 Å². The molecule has 0 radical (unpaired) electrons. The molecule has 7 heteroatoms. The average Bonchev–Trinajstić information content (AvgIpc) is 2.55. The minimum absolute atomic E-state index is 0.0626. The van der Waals surface area contributed by atoms with Crippen LogP contribution in [0.5, 0.6) is 0 Å². The van der Waals surface area contributed by atoms with Crippen LogP contribution in [0.3, 0.4) is 0 Å². The van der Waals surface area contributed by atoms with Gasteiger partial charge in [0.15, 0.2) is 0 Å². The van der Waals surface area contributed by atoms with Crippen molar-refractivity contribution in [3.63, 3.8) is 0 Å². The zero-order valence-electron chi connectivity index (χ0n) is 9.36. The number of likely N-dealkylation sites (tertiary alicyclic amines) is 1. The van der Waals surface area contributed by atoms with Gasteiger partial charge in [0.05, 0.1) is 12.5 Å². The van der Waals surface area contributed by atoms with E-state index in [0.717, 1.165) is 4.90 Å². The minimum atomic E-state index is -0.842. The van der Waals surface area contributed by atoms with Crippen LogP contribution >= 0.6 is 0 Å². The van der Waals surface area contributed by atoms with Crippen molar-refractivity contribution in [2.75, 3.05) is 7.05 Å². The summed E-state index contributed by atoms with van der Waals surface area (Å²) in [6, 6.07) is -1.40. The maximum atomic E-state index is 11.9. The number of likely N-dealkylation sites (N-methyl/N-ethyl adjacent to an activating group) is 1. The summed E-state index contributed by atoms with van der Waals surface area (Å²) in [5.41, 5.74) is 0. The second kappa shape index (κ2) is 4.25. The molecule has 0 saturated carbocycles. The molecule has 2 aliphatic rings. The van der Waals surface area contributed by atoms with Gasteiger partial charge in [-0.1, -0.05) is 0 Å². The number of carbonyl (C=O) groups is 4. The summed E-state index contributed by atoms with van der Waals surface area (Å²) < 4.78 is 0. The van der Waals surface area contributed by atoms with Crippen LogP contribution in [0.25, 0.3) is 0 Å². The molecule has 2 N–H and O–H groups in total. The summed E-state index contributed by atoms with van der Waals surface area (Å²) in [6.45, 7) is 0. The van der Waals surface area contributed by atoms with Gasteiger partial charge in [0.1, 0.15) is 6.04 Å². The van der Waals surface area contributed by atoms with Gasteiger partial charge >= 0.3 is 0 Å². The van der Waals surface area contributed by atoms with E-state index in [2.05, 4.69) is 10.6 Å². The van der Waals surface area contributed by atoms with Crippen LogP contribution in [-0.4, -0.2) is 47.7 Å². The fourth-order valence-corrected chi connectivity index (χ4v) is 2.13. The molecule has 92 valence electrons. The lowest BCUT2D eigenvalue weighted by atomic mass is 10.0. The number of hydrogen-bond acceptors (Lipinski definition) is 5. The molecule has 0 aliphatic carbocycles. The van der Waals surface area contributed by atoms with Crippen LogP contribution in [0, 0.1) is 0 Å². The number of amides is 4. The van der Waals surface area contributed by atoms with E-state index in [4.69, 9.17) is 0 Å². The van der Waals surface area contributed by atoms with E-state index in [-0.39, 0.29) is 31.1 Å². The van der Waals surface area contributed by atoms with Crippen molar-refractivity contribution < 1.29 is 19.2 Å². The van der Waals surface area contributed by atoms with Crippen molar-refractivity contribution in [1.82, 2.24) is 15.5 Å². The highest BCUT2D eigenvalue weighted by Crippen LogP contribution is 2.21. The van der Waals surface area contributed by atoms with E-state index in [1.165, 1.54) is 0 Å². The number of imide groups is 2. The van der Waals surface area contributed by atoms with Crippen molar-refractivity contribution in [3.05, 3.63) is 0 Å². The van der Waals surface area contributed by atoms with Gasteiger partial charge in [-0.05, 0) is 13.5 Å². The zero-order valence-corrected chi connectivity index (χ0v) is 9.36. The standard InChI is InChI=1S/C10H13N3O4/c1-11-5-4-8(15)13(10(5)17)6-2-3-7(14)12-9(6)16/h5-6,11H,2-4H2,1H3,(H,12,14,16). The number of piperidine rings is 1. The van der Waals surface area contributed by atoms with Crippen molar-refractivity contribution >= 4 is 23.6 Å². The molecule has 17 heavy (non-hydrogen) atoms. The predicted octanol–water partition coefficient (Wildman–Crippen LogP) is -1.86. The second-order valence-corrected chi connectivity index (χ2v) is 4.11. The van der Waals surface area contributed by atoms with Crippen molar-refractivity contribution in [2.45, 2.75) is 31.3 Å². The first-order valence-electron chi connectivity index (χ1n) is 5.41. The quantitative estimate of drug-likeness (QED) is 0.551. The molecular formula is C10H13N3O4. The summed E-state index contributed by atoms with van der Waals surface area (Å²) in [6.07, 6.45) is 0.420. The molecule has 0 aromatic rings. The van der Waals surface area contributed by atoms with Crippen LogP contribution in [0.2, 0.25) is 0 Å². The number of carbonyl (C=O) groups excluding carboxylic acids is 4. The van der Waals surface area contributed by atoms with Gasteiger partial charge in [-0.2, -0.15) is 0 Å². The van der Waals surface area contributed by atoms with Crippen molar-refractivity contribution in [2.24, 2.45) is 0 Å². The molecule has 0 aromatic heterocycles. The molecule has 2 atom stereocenters. The topological polar surface area (TPSA) is 95.6 Å². The summed E-state index contributed by atoms with van der Waals surface area (Å²) in [4.78, 5) is 47.1. The first-order chi connectivity index (χ1) is 8.04. The fourth-order valence-electron chi connectivity index (χ4n) is 2.13. The monoisotopic (exact) mass is 239 g/mol. The molecule has 0 aromatic carbocycles. The molecular weight excluding hydrogens is 226 g/mol. The average molecular weight is 239 g/mol. The van der Waals surface area contributed by atoms with Gasteiger partial charge in [-0.25, -0.2) is 0 Å². The minimum Gasteiger partial charge on any atom is -0.308 e. The third kappa shape index (κ3) is 1.93. The van der Waals surface area contributed by atoms with E-state index in [1.54, 1.807) is 7.05 Å². The van der Waals surface area contributed by atoms with Gasteiger partial charge in [-0.15, -0.1) is 0 Å². The third-order valence-corrected chi connectivity index (χ3v) is 3.05. The van der Waals surface area contributed by atoms with E-state index in [0.29, 0.717) is 0 Å². The Morgan fingerprint density at radius 2 is 2.00 bits per heavy atom. The summed E-state index contributed by atoms with van der Waals surface area (Å²) in [5.74, 6) is -1.70. The van der Waals surface area contributed by atoms with Gasteiger partial charge in [-0.3, -0.25) is 29.4 Å². The fraction of sp³-hybridized carbons (Fsp3) is 0.600. The van der Waals surface area contributed by atoms with Gasteiger partial charge < -0.3 is 5.32 Å². The molecule has 0 spiro atoms. The number of nitrogens with one attached hydrogen (secondary N) is 2. The number of rotatable bonds is 2. The first kappa shape index (κ1) is 11.7. The van der Waals surface area contributed by atoms with E-state index in [1.807, 2.05) is 0 Å². The Morgan fingerprint density at radius 3 is 2.53 bits per heavy atom.